The summed E-state index contributed by atoms with van der Waals surface area (Å²) in [6, 6.07) is 34.4. The molecule has 4 aromatic carbocycles. The van der Waals surface area contributed by atoms with Gasteiger partial charge < -0.3 is 9.22 Å². The average Bonchev–Trinajstić information content (AvgIpc) is 3.47. The zero-order valence-electron chi connectivity index (χ0n) is 22.3. The minimum absolute atomic E-state index is 0.761. The number of ether oxygens (including phenoxy) is 1. The SMILES string of the molecule is Cc1cc(Oc2ccc3c4ccccc4n(-c4ccccn4)c3c2)cc([N@@+]23[CH-][N@@+](C)(C2)c2cc(C)ccc23)c1. The number of hydrogen-bond donors (Lipinski definition) is 0. The van der Waals surface area contributed by atoms with Crippen molar-refractivity contribution in [3.8, 4) is 17.3 Å². The first-order valence-electron chi connectivity index (χ1n) is 13.4. The molecule has 0 aliphatic carbocycles. The van der Waals surface area contributed by atoms with Gasteiger partial charge in [0.1, 0.15) is 23.0 Å². The summed E-state index contributed by atoms with van der Waals surface area (Å²) in [5.41, 5.74) is 8.71. The van der Waals surface area contributed by atoms with Crippen LogP contribution in [-0.4, -0.2) is 23.3 Å². The molecule has 9 rings (SSSR count). The van der Waals surface area contributed by atoms with E-state index < -0.39 is 0 Å². The number of nitrogens with zero attached hydrogens (tertiary/aromatic N) is 4. The fraction of sp³-hybridized carbons (Fsp3) is 0.118. The number of rotatable bonds is 4. The number of pyridine rings is 1. The molecule has 3 aliphatic heterocycles. The maximum absolute atomic E-state index is 6.59. The molecule has 6 aromatic rings. The normalized spacial score (nSPS) is 21.2. The first-order valence-corrected chi connectivity index (χ1v) is 13.4. The van der Waals surface area contributed by atoms with Crippen molar-refractivity contribution in [2.75, 3.05) is 13.7 Å². The molecule has 2 aromatic heterocycles. The third-order valence-corrected chi connectivity index (χ3v) is 8.34. The number of aromatic nitrogens is 2. The van der Waals surface area contributed by atoms with Gasteiger partial charge >= 0.3 is 0 Å². The van der Waals surface area contributed by atoms with Crippen molar-refractivity contribution in [1.29, 1.82) is 0 Å². The molecule has 0 radical (unpaired) electrons. The molecule has 0 amide bonds. The van der Waals surface area contributed by atoms with Crippen molar-refractivity contribution in [1.82, 2.24) is 18.5 Å². The Morgan fingerprint density at radius 2 is 1.56 bits per heavy atom. The van der Waals surface area contributed by atoms with Crippen LogP contribution in [-0.2, 0) is 0 Å². The van der Waals surface area contributed by atoms with Crippen LogP contribution in [0.15, 0.2) is 103 Å². The molecule has 2 atom stereocenters. The first kappa shape index (κ1) is 22.5. The Balaban J connectivity index is 1.22. The van der Waals surface area contributed by atoms with E-state index >= 15 is 0 Å². The highest BCUT2D eigenvalue weighted by atomic mass is 16.5. The molecule has 39 heavy (non-hydrogen) atoms. The highest BCUT2D eigenvalue weighted by molar-refractivity contribution is 6.09. The summed E-state index contributed by atoms with van der Waals surface area (Å²) in [7, 11) is 2.30. The zero-order chi connectivity index (χ0) is 26.4. The van der Waals surface area contributed by atoms with Gasteiger partial charge in [-0.2, -0.15) is 0 Å². The van der Waals surface area contributed by atoms with Crippen molar-refractivity contribution in [2.24, 2.45) is 0 Å². The summed E-state index contributed by atoms with van der Waals surface area (Å²) in [4.78, 5) is 4.66. The van der Waals surface area contributed by atoms with E-state index in [1.165, 1.54) is 39.0 Å². The molecule has 190 valence electrons. The summed E-state index contributed by atoms with van der Waals surface area (Å²) in [6.07, 6.45) is 1.84. The lowest BCUT2D eigenvalue weighted by Crippen LogP contribution is -2.68. The van der Waals surface area contributed by atoms with Gasteiger partial charge in [0.05, 0.1) is 24.7 Å². The minimum Gasteiger partial charge on any atom is -0.457 e. The quantitative estimate of drug-likeness (QED) is 0.177. The predicted octanol–water partition coefficient (Wildman–Crippen LogP) is 8.27. The van der Waals surface area contributed by atoms with E-state index in [1.807, 2.05) is 24.4 Å². The van der Waals surface area contributed by atoms with Gasteiger partial charge in [-0.05, 0) is 61.4 Å². The Morgan fingerprint density at radius 3 is 2.41 bits per heavy atom. The van der Waals surface area contributed by atoms with E-state index in [-0.39, 0.29) is 0 Å². The fourth-order valence-corrected chi connectivity index (χ4v) is 6.72. The maximum atomic E-state index is 6.59. The van der Waals surface area contributed by atoms with Gasteiger partial charge in [-0.25, -0.2) is 4.98 Å². The van der Waals surface area contributed by atoms with E-state index in [0.29, 0.717) is 0 Å². The third-order valence-electron chi connectivity index (χ3n) is 8.34. The lowest BCUT2D eigenvalue weighted by atomic mass is 10.1. The molecule has 5 heterocycles. The van der Waals surface area contributed by atoms with Crippen LogP contribution in [0.2, 0.25) is 0 Å². The molecular formula is C34H29N4O+. The molecule has 1 saturated heterocycles. The number of aryl methyl sites for hydroxylation is 2. The van der Waals surface area contributed by atoms with Gasteiger partial charge in [0.2, 0.25) is 0 Å². The molecule has 0 unspecified atom stereocenters. The monoisotopic (exact) mass is 509 g/mol. The molecule has 5 heteroatoms. The Morgan fingerprint density at radius 1 is 0.744 bits per heavy atom. The van der Waals surface area contributed by atoms with Gasteiger partial charge in [0.25, 0.3) is 0 Å². The molecule has 2 bridgehead atoms. The lowest BCUT2D eigenvalue weighted by molar-refractivity contribution is 0.157. The van der Waals surface area contributed by atoms with Crippen molar-refractivity contribution in [3.63, 3.8) is 0 Å². The molecule has 0 saturated carbocycles. The van der Waals surface area contributed by atoms with Gasteiger partial charge in [-0.1, -0.05) is 30.3 Å². The van der Waals surface area contributed by atoms with Crippen LogP contribution in [0, 0.1) is 20.5 Å². The van der Waals surface area contributed by atoms with Crippen molar-refractivity contribution >= 4 is 38.9 Å². The maximum Gasteiger partial charge on any atom is 0.181 e. The van der Waals surface area contributed by atoms with Crippen molar-refractivity contribution < 1.29 is 4.74 Å². The van der Waals surface area contributed by atoms with Gasteiger partial charge in [0.15, 0.2) is 18.0 Å². The molecule has 1 fully saturated rings. The third kappa shape index (κ3) is 3.18. The van der Waals surface area contributed by atoms with Crippen LogP contribution in [0.5, 0.6) is 11.5 Å². The Hall–Kier alpha value is -4.45. The number of para-hydroxylation sites is 1. The second-order valence-electron chi connectivity index (χ2n) is 11.2. The van der Waals surface area contributed by atoms with Gasteiger partial charge in [-0.15, -0.1) is 0 Å². The Kier molecular flexibility index (Phi) is 4.50. The van der Waals surface area contributed by atoms with Crippen LogP contribution < -0.4 is 13.7 Å². The Labute approximate surface area is 227 Å². The van der Waals surface area contributed by atoms with Crippen LogP contribution in [0.4, 0.5) is 17.1 Å². The summed E-state index contributed by atoms with van der Waals surface area (Å²) in [5, 5.41) is 2.39. The van der Waals surface area contributed by atoms with Gasteiger partial charge in [-0.3, -0.25) is 9.05 Å². The van der Waals surface area contributed by atoms with Crippen molar-refractivity contribution in [3.05, 3.63) is 121 Å². The van der Waals surface area contributed by atoms with E-state index in [0.717, 1.165) is 44.0 Å². The molecule has 0 spiro atoms. The lowest BCUT2D eigenvalue weighted by Gasteiger charge is -2.54. The molecule has 3 aliphatic rings. The molecule has 5 nitrogen and oxygen atoms in total. The van der Waals surface area contributed by atoms with Crippen LogP contribution >= 0.6 is 0 Å². The standard InChI is InChI=1S/C34H29N4O/c1-23-11-14-32-33(18-23)37(3)21-38(32,22-37)25-16-24(2)17-27(19-25)39-26-12-13-29-28-8-4-5-9-30(28)36(31(29)20-26)34-10-6-7-15-35-34/h4-21H,22H2,1-3H3/q+1/t37-,38+/m0/s1. The average molecular weight is 510 g/mol. The smallest absolute Gasteiger partial charge is 0.181 e. The summed E-state index contributed by atoms with van der Waals surface area (Å²) in [6.45, 7) is 7.75. The summed E-state index contributed by atoms with van der Waals surface area (Å²) < 4.78 is 10.4. The van der Waals surface area contributed by atoms with Gasteiger partial charge in [0, 0.05) is 47.3 Å². The molecule has 0 N–H and O–H groups in total. The van der Waals surface area contributed by atoms with E-state index in [2.05, 4.69) is 116 Å². The van der Waals surface area contributed by atoms with E-state index in [4.69, 9.17) is 4.74 Å². The van der Waals surface area contributed by atoms with E-state index in [9.17, 15) is 0 Å². The number of benzene rings is 4. The number of fused-ring (bicyclic) bond motifs is 3. The number of hydrogen-bond acceptors (Lipinski definition) is 2. The topological polar surface area (TPSA) is 27.1 Å². The second-order valence-corrected chi connectivity index (χ2v) is 11.2. The first-order chi connectivity index (χ1) is 18.9. The van der Waals surface area contributed by atoms with Crippen LogP contribution in [0.1, 0.15) is 11.1 Å². The Bertz CT molecular complexity index is 1930. The largest absolute Gasteiger partial charge is 0.457 e. The predicted molar refractivity (Wildman–Crippen MR) is 159 cm³/mol. The summed E-state index contributed by atoms with van der Waals surface area (Å²) >= 11 is 0. The van der Waals surface area contributed by atoms with E-state index in [1.54, 1.807) is 0 Å². The zero-order valence-corrected chi connectivity index (χ0v) is 22.3. The second kappa shape index (κ2) is 7.79. The molecular weight excluding hydrogens is 480 g/mol. The highest BCUT2D eigenvalue weighted by Crippen LogP contribution is 2.61. The summed E-state index contributed by atoms with van der Waals surface area (Å²) in [5.74, 6) is 2.56. The fourth-order valence-electron chi connectivity index (χ4n) is 6.72. The van der Waals surface area contributed by atoms with Crippen molar-refractivity contribution in [2.45, 2.75) is 13.8 Å². The minimum atomic E-state index is 0.761. The van der Waals surface area contributed by atoms with Crippen LogP contribution in [0.25, 0.3) is 27.6 Å². The highest BCUT2D eigenvalue weighted by Gasteiger charge is 2.59. The van der Waals surface area contributed by atoms with Crippen LogP contribution in [0.3, 0.4) is 0 Å². The number of quaternary nitrogens is 2.